The lowest BCUT2D eigenvalue weighted by Crippen LogP contribution is -1.95. The zero-order valence-electron chi connectivity index (χ0n) is 35.7. The quantitative estimate of drug-likeness (QED) is 0.0479. The van der Waals surface area contributed by atoms with Crippen LogP contribution in [-0.2, 0) is 6.42 Å². The molecule has 1 aromatic carbocycles. The standard InChI is InChI=1S/C49H91S3/c1-5-9-13-16-19-22-25-28-31-34-37-41-50-47-44-46(40-12-8-4)45-48(51-42-38-35-32-29-26-23-20-17-14-10-6-2)49(47)52-43-39-36-33-30-27-24-21-18-15-11-7-3/h44-45H,4-43H2,1-3H3. The van der Waals surface area contributed by atoms with E-state index >= 15 is 0 Å². The third kappa shape index (κ3) is 31.5. The summed E-state index contributed by atoms with van der Waals surface area (Å²) in [4.78, 5) is 4.83. The van der Waals surface area contributed by atoms with Crippen LogP contribution >= 0.6 is 35.3 Å². The summed E-state index contributed by atoms with van der Waals surface area (Å²) in [5.41, 5.74) is 1.56. The van der Waals surface area contributed by atoms with E-state index < -0.39 is 0 Å². The molecule has 0 heterocycles. The molecule has 0 fully saturated rings. The Morgan fingerprint density at radius 2 is 0.615 bits per heavy atom. The lowest BCUT2D eigenvalue weighted by molar-refractivity contribution is 0.555. The Balaban J connectivity index is 2.61. The highest BCUT2D eigenvalue weighted by Gasteiger charge is 2.14. The molecule has 0 aliphatic carbocycles. The van der Waals surface area contributed by atoms with E-state index in [2.05, 4.69) is 75.1 Å². The van der Waals surface area contributed by atoms with Gasteiger partial charge in [-0.1, -0.05) is 227 Å². The van der Waals surface area contributed by atoms with Gasteiger partial charge in [0.1, 0.15) is 0 Å². The largest absolute Gasteiger partial charge is 0.125 e. The summed E-state index contributed by atoms with van der Waals surface area (Å²) >= 11 is 6.57. The molecule has 1 radical (unpaired) electrons. The Bertz CT molecular complexity index is 802. The molecule has 0 spiro atoms. The fourth-order valence-electron chi connectivity index (χ4n) is 7.30. The lowest BCUT2D eigenvalue weighted by Gasteiger charge is -2.17. The van der Waals surface area contributed by atoms with Crippen LogP contribution in [0.4, 0.5) is 0 Å². The summed E-state index contributed by atoms with van der Waals surface area (Å²) in [6.45, 7) is 11.1. The van der Waals surface area contributed by atoms with E-state index in [0.717, 1.165) is 6.42 Å². The first-order chi connectivity index (χ1) is 25.8. The highest BCUT2D eigenvalue weighted by molar-refractivity contribution is 8.03. The molecule has 1 rings (SSSR count). The molecule has 0 saturated carbocycles. The van der Waals surface area contributed by atoms with E-state index in [9.17, 15) is 0 Å². The molecule has 1 aromatic rings. The molecular formula is C49H91S3. The summed E-state index contributed by atoms with van der Waals surface area (Å²) in [7, 11) is 0. The average Bonchev–Trinajstić information content (AvgIpc) is 3.15. The molecule has 52 heavy (non-hydrogen) atoms. The first-order valence-electron chi connectivity index (χ1n) is 23.6. The number of hydrogen-bond acceptors (Lipinski definition) is 3. The molecule has 0 aromatic heterocycles. The van der Waals surface area contributed by atoms with Crippen LogP contribution in [0, 0.1) is 6.92 Å². The summed E-state index contributed by atoms with van der Waals surface area (Å²) in [6, 6.07) is 5.18. The van der Waals surface area contributed by atoms with Gasteiger partial charge in [-0.2, -0.15) is 0 Å². The maximum Gasteiger partial charge on any atom is 0.0344 e. The number of thioether (sulfide) groups is 3. The van der Waals surface area contributed by atoms with Gasteiger partial charge in [0, 0.05) is 14.7 Å². The fraction of sp³-hybridized carbons (Fsp3) is 0.857. The van der Waals surface area contributed by atoms with Crippen molar-refractivity contribution < 1.29 is 0 Å². The van der Waals surface area contributed by atoms with Gasteiger partial charge >= 0.3 is 0 Å². The molecule has 0 N–H and O–H groups in total. The van der Waals surface area contributed by atoms with Gasteiger partial charge in [-0.15, -0.1) is 35.3 Å². The molecule has 0 amide bonds. The van der Waals surface area contributed by atoms with Crippen molar-refractivity contribution in [2.75, 3.05) is 17.3 Å². The maximum atomic E-state index is 4.17. The normalized spacial score (nSPS) is 11.6. The fourth-order valence-corrected chi connectivity index (χ4v) is 11.1. The number of rotatable bonds is 42. The highest BCUT2D eigenvalue weighted by Crippen LogP contribution is 2.41. The van der Waals surface area contributed by atoms with Gasteiger partial charge in [0.15, 0.2) is 0 Å². The van der Waals surface area contributed by atoms with Crippen molar-refractivity contribution in [3.05, 3.63) is 24.6 Å². The van der Waals surface area contributed by atoms with Gasteiger partial charge in [0.2, 0.25) is 0 Å². The third-order valence-corrected chi connectivity index (χ3v) is 14.5. The lowest BCUT2D eigenvalue weighted by atomic mass is 10.1. The highest BCUT2D eigenvalue weighted by atomic mass is 32.2. The zero-order chi connectivity index (χ0) is 37.4. The zero-order valence-corrected chi connectivity index (χ0v) is 38.1. The van der Waals surface area contributed by atoms with Crippen LogP contribution in [0.5, 0.6) is 0 Å². The van der Waals surface area contributed by atoms with E-state index in [1.54, 1.807) is 20.2 Å². The van der Waals surface area contributed by atoms with Crippen LogP contribution in [0.15, 0.2) is 26.8 Å². The summed E-state index contributed by atoms with van der Waals surface area (Å²) in [5, 5.41) is 0. The first kappa shape index (κ1) is 50.3. The maximum absolute atomic E-state index is 4.17. The Morgan fingerprint density at radius 3 is 0.904 bits per heavy atom. The summed E-state index contributed by atoms with van der Waals surface area (Å²) < 4.78 is 0. The van der Waals surface area contributed by atoms with Gasteiger partial charge < -0.3 is 0 Å². The SMILES string of the molecule is [CH2]CCCc1cc(SCCCCCCCCCCCCC)c(SCCCCCCCCCCCCC)c(SCCCCCCCCCCCCC)c1. The van der Waals surface area contributed by atoms with Crippen LogP contribution in [0.3, 0.4) is 0 Å². The minimum absolute atomic E-state index is 1.04. The van der Waals surface area contributed by atoms with Gasteiger partial charge in [-0.05, 0) is 67.1 Å². The number of unbranched alkanes of at least 4 members (excludes halogenated alkanes) is 31. The second-order valence-electron chi connectivity index (χ2n) is 16.0. The van der Waals surface area contributed by atoms with E-state index in [4.69, 9.17) is 0 Å². The average molecular weight is 776 g/mol. The molecule has 0 unspecified atom stereocenters. The second-order valence-corrected chi connectivity index (χ2v) is 19.4. The Hall–Kier alpha value is 0.270. The predicted octanol–water partition coefficient (Wildman–Crippen LogP) is 19.1. The number of hydrogen-bond donors (Lipinski definition) is 0. The molecule has 0 atom stereocenters. The first-order valence-corrected chi connectivity index (χ1v) is 26.6. The van der Waals surface area contributed by atoms with Crippen molar-refractivity contribution in [1.29, 1.82) is 0 Å². The number of aryl methyl sites for hydroxylation is 1. The molecule has 0 bridgehead atoms. The van der Waals surface area contributed by atoms with Crippen molar-refractivity contribution in [1.82, 2.24) is 0 Å². The minimum atomic E-state index is 1.04. The van der Waals surface area contributed by atoms with Crippen LogP contribution in [-0.4, -0.2) is 17.3 Å². The monoisotopic (exact) mass is 776 g/mol. The van der Waals surface area contributed by atoms with Gasteiger partial charge in [0.25, 0.3) is 0 Å². The predicted molar refractivity (Wildman–Crippen MR) is 246 cm³/mol. The molecule has 0 nitrogen and oxygen atoms in total. The molecule has 305 valence electrons. The molecular weight excluding hydrogens is 685 g/mol. The van der Waals surface area contributed by atoms with Crippen molar-refractivity contribution in [2.24, 2.45) is 0 Å². The molecule has 0 aliphatic heterocycles. The second kappa shape index (κ2) is 40.9. The van der Waals surface area contributed by atoms with Gasteiger partial charge in [0.05, 0.1) is 0 Å². The molecule has 0 saturated heterocycles. The van der Waals surface area contributed by atoms with Crippen LogP contribution in [0.2, 0.25) is 0 Å². The summed E-state index contributed by atoms with van der Waals surface area (Å²) in [5.74, 6) is 3.85. The molecule has 3 heteroatoms. The Labute approximate surface area is 341 Å². The molecule has 0 aliphatic rings. The third-order valence-electron chi connectivity index (χ3n) is 10.8. The van der Waals surface area contributed by atoms with E-state index in [-0.39, 0.29) is 0 Å². The van der Waals surface area contributed by atoms with Crippen molar-refractivity contribution in [2.45, 2.75) is 267 Å². The van der Waals surface area contributed by atoms with Crippen molar-refractivity contribution >= 4 is 35.3 Å². The Morgan fingerprint density at radius 1 is 0.346 bits per heavy atom. The summed E-state index contributed by atoms with van der Waals surface area (Å²) in [6.07, 6.45) is 50.6. The van der Waals surface area contributed by atoms with Gasteiger partial charge in [-0.25, -0.2) is 0 Å². The van der Waals surface area contributed by atoms with Crippen molar-refractivity contribution in [3.8, 4) is 0 Å². The van der Waals surface area contributed by atoms with Crippen LogP contribution in [0.1, 0.15) is 251 Å². The van der Waals surface area contributed by atoms with Gasteiger partial charge in [-0.3, -0.25) is 0 Å². The van der Waals surface area contributed by atoms with E-state index in [1.165, 1.54) is 242 Å². The van der Waals surface area contributed by atoms with Crippen molar-refractivity contribution in [3.63, 3.8) is 0 Å². The minimum Gasteiger partial charge on any atom is -0.125 e. The smallest absolute Gasteiger partial charge is 0.0344 e. The Kier molecular flexibility index (Phi) is 39.6. The topological polar surface area (TPSA) is 0 Å². The van der Waals surface area contributed by atoms with E-state index in [0.29, 0.717) is 0 Å². The number of benzene rings is 1. The van der Waals surface area contributed by atoms with E-state index in [1.807, 2.05) is 0 Å². The van der Waals surface area contributed by atoms with Crippen LogP contribution < -0.4 is 0 Å². The van der Waals surface area contributed by atoms with Crippen LogP contribution in [0.25, 0.3) is 0 Å².